The number of amides is 3. The van der Waals surface area contributed by atoms with Gasteiger partial charge in [0.2, 0.25) is 11.8 Å². The van der Waals surface area contributed by atoms with Crippen molar-refractivity contribution >= 4 is 42.1 Å². The molecule has 13 nitrogen and oxygen atoms in total. The Labute approximate surface area is 389 Å². The van der Waals surface area contributed by atoms with Gasteiger partial charge in [0, 0.05) is 49.3 Å². The molecule has 2 N–H and O–H groups in total. The summed E-state index contributed by atoms with van der Waals surface area (Å²) in [5.41, 5.74) is 0.0732. The lowest BCUT2D eigenvalue weighted by Crippen LogP contribution is -2.67. The van der Waals surface area contributed by atoms with Gasteiger partial charge in [-0.3, -0.25) is 19.2 Å². The standard InChI is InChI=1S/C51H55F2N5O8Si/c1-33-26-44(56-66-33)47(59)55-43-18-13-24-58(50(43)62)45(28-34-19-22-41(52)42(53)27-34)48(60)54-37(29-35-23-25-57(49(35)61)31-36-20-21-38(63-5)30-46(36)64-6)32-65-67(51(2,3)4,39-14-9-7-10-15-39)40-16-11-8-12-17-40/h7-22,24,26-27,30,35,37,45H,23,25,28-29,31-32H2,1-6H3,(H,54,60)(H,55,59)/t35-,37-,45-/m0/s1. The minimum atomic E-state index is -3.20. The second-order valence-electron chi connectivity index (χ2n) is 17.7. The quantitative estimate of drug-likeness (QED) is 0.0870. The van der Waals surface area contributed by atoms with E-state index in [9.17, 15) is 23.2 Å². The summed E-state index contributed by atoms with van der Waals surface area (Å²) in [5, 5.41) is 11.0. The van der Waals surface area contributed by atoms with Gasteiger partial charge < -0.3 is 38.5 Å². The van der Waals surface area contributed by atoms with Crippen LogP contribution < -0.4 is 36.0 Å². The van der Waals surface area contributed by atoms with Gasteiger partial charge in [-0.15, -0.1) is 0 Å². The Kier molecular flexibility index (Phi) is 14.9. The van der Waals surface area contributed by atoms with Crippen molar-refractivity contribution < 1.29 is 41.6 Å². The van der Waals surface area contributed by atoms with Gasteiger partial charge in [0.15, 0.2) is 17.3 Å². The lowest BCUT2D eigenvalue weighted by atomic mass is 9.97. The molecule has 1 aliphatic rings. The molecule has 1 saturated heterocycles. The third kappa shape index (κ3) is 10.7. The van der Waals surface area contributed by atoms with E-state index >= 15 is 4.79 Å². The highest BCUT2D eigenvalue weighted by Crippen LogP contribution is 2.37. The summed E-state index contributed by atoms with van der Waals surface area (Å²) in [6.45, 7) is 8.76. The molecule has 3 amide bonds. The van der Waals surface area contributed by atoms with E-state index < -0.39 is 60.4 Å². The van der Waals surface area contributed by atoms with Crippen molar-refractivity contribution in [2.45, 2.75) is 70.6 Å². The van der Waals surface area contributed by atoms with Crippen LogP contribution in [-0.4, -0.2) is 74.1 Å². The Bertz CT molecular complexity index is 2720. The van der Waals surface area contributed by atoms with E-state index in [2.05, 4.69) is 60.8 Å². The second-order valence-corrected chi connectivity index (χ2v) is 22.0. The van der Waals surface area contributed by atoms with E-state index in [0.29, 0.717) is 36.8 Å². The Balaban J connectivity index is 1.25. The van der Waals surface area contributed by atoms with Crippen molar-refractivity contribution in [3.05, 3.63) is 166 Å². The molecule has 6 aromatic rings. The highest BCUT2D eigenvalue weighted by atomic mass is 28.4. The average Bonchev–Trinajstić information content (AvgIpc) is 3.91. The maximum atomic E-state index is 15.1. The smallest absolute Gasteiger partial charge is 0.278 e. The summed E-state index contributed by atoms with van der Waals surface area (Å²) in [6.07, 6.45) is 1.82. The number of pyridine rings is 1. The molecule has 1 fully saturated rings. The molecular formula is C51H55F2N5O8Si. The minimum absolute atomic E-state index is 0.0187. The zero-order valence-electron chi connectivity index (χ0n) is 38.4. The fourth-order valence-corrected chi connectivity index (χ4v) is 13.5. The number of hydrogen-bond donors (Lipinski definition) is 2. The summed E-state index contributed by atoms with van der Waals surface area (Å²) in [5.74, 6) is -2.61. The third-order valence-electron chi connectivity index (χ3n) is 12.2. The molecule has 0 bridgehead atoms. The molecule has 3 atom stereocenters. The van der Waals surface area contributed by atoms with Crippen LogP contribution >= 0.6 is 0 Å². The van der Waals surface area contributed by atoms with Gasteiger partial charge in [-0.2, -0.15) is 0 Å². The number of aromatic nitrogens is 2. The SMILES string of the molecule is COc1ccc(CN2CC[C@@H](C[C@@H](CO[Si](c3ccccc3)(c3ccccc3)C(C)(C)C)NC(=O)[C@H](Cc3ccc(F)c(F)c3)n3cccc(NC(=O)c4cc(C)on4)c3=O)C2=O)c(OC)c1. The van der Waals surface area contributed by atoms with Crippen LogP contribution in [0.2, 0.25) is 5.04 Å². The van der Waals surface area contributed by atoms with Crippen LogP contribution in [0.25, 0.3) is 0 Å². The molecule has 0 unspecified atom stereocenters. The van der Waals surface area contributed by atoms with Gasteiger partial charge >= 0.3 is 0 Å². The summed E-state index contributed by atoms with van der Waals surface area (Å²) in [7, 11) is -0.0676. The monoisotopic (exact) mass is 931 g/mol. The van der Waals surface area contributed by atoms with E-state index in [1.165, 1.54) is 30.5 Å². The first-order valence-corrected chi connectivity index (χ1v) is 24.0. The Hall–Kier alpha value is -6.91. The molecule has 1 aliphatic heterocycles. The summed E-state index contributed by atoms with van der Waals surface area (Å²) in [6, 6.07) is 30.9. The number of anilines is 1. The van der Waals surface area contributed by atoms with E-state index in [0.717, 1.165) is 32.6 Å². The fourth-order valence-electron chi connectivity index (χ4n) is 8.88. The molecule has 16 heteroatoms. The highest BCUT2D eigenvalue weighted by Gasteiger charge is 2.50. The second kappa shape index (κ2) is 20.7. The largest absolute Gasteiger partial charge is 0.497 e. The van der Waals surface area contributed by atoms with Crippen LogP contribution in [0.5, 0.6) is 11.5 Å². The predicted octanol–water partition coefficient (Wildman–Crippen LogP) is 6.98. The Morgan fingerprint density at radius 3 is 2.19 bits per heavy atom. The molecule has 0 aliphatic carbocycles. The lowest BCUT2D eigenvalue weighted by Gasteiger charge is -2.44. The van der Waals surface area contributed by atoms with Gasteiger partial charge in [0.25, 0.3) is 19.8 Å². The van der Waals surface area contributed by atoms with Crippen LogP contribution in [0, 0.1) is 24.5 Å². The number of nitrogens with one attached hydrogen (secondary N) is 2. The maximum absolute atomic E-state index is 15.1. The van der Waals surface area contributed by atoms with E-state index in [4.69, 9.17) is 18.4 Å². The fraction of sp³-hybridized carbons (Fsp3) is 0.314. The first kappa shape index (κ1) is 48.0. The summed E-state index contributed by atoms with van der Waals surface area (Å²) < 4.78 is 53.5. The van der Waals surface area contributed by atoms with Gasteiger partial charge in [-0.25, -0.2) is 8.78 Å². The van der Waals surface area contributed by atoms with Crippen molar-refractivity contribution in [1.29, 1.82) is 0 Å². The van der Waals surface area contributed by atoms with Gasteiger partial charge in [0.05, 0.1) is 26.9 Å². The van der Waals surface area contributed by atoms with Crippen molar-refractivity contribution in [3.63, 3.8) is 0 Å². The number of carbonyl (C=O) groups is 3. The maximum Gasteiger partial charge on any atom is 0.278 e. The number of ether oxygens (including phenoxy) is 2. The molecule has 2 aromatic heterocycles. The van der Waals surface area contributed by atoms with E-state index in [1.807, 2.05) is 48.5 Å². The van der Waals surface area contributed by atoms with Gasteiger partial charge in [0.1, 0.15) is 29.0 Å². The van der Waals surface area contributed by atoms with Crippen molar-refractivity contribution in [2.75, 3.05) is 32.7 Å². The third-order valence-corrected chi connectivity index (χ3v) is 17.2. The molecule has 350 valence electrons. The molecule has 3 heterocycles. The molecular weight excluding hydrogens is 877 g/mol. The normalized spacial score (nSPS) is 15.0. The van der Waals surface area contributed by atoms with Crippen LogP contribution in [0.15, 0.2) is 131 Å². The van der Waals surface area contributed by atoms with Crippen molar-refractivity contribution in [1.82, 2.24) is 19.9 Å². The number of hydrogen-bond acceptors (Lipinski definition) is 9. The zero-order valence-corrected chi connectivity index (χ0v) is 39.4. The number of methoxy groups -OCH3 is 2. The summed E-state index contributed by atoms with van der Waals surface area (Å²) in [4.78, 5) is 58.5. The zero-order chi connectivity index (χ0) is 47.9. The first-order chi connectivity index (χ1) is 32.1. The number of halogens is 2. The number of benzene rings is 4. The van der Waals surface area contributed by atoms with E-state index in [1.54, 1.807) is 32.1 Å². The molecule has 7 rings (SSSR count). The number of nitrogens with zero attached hydrogens (tertiary/aromatic N) is 3. The first-order valence-electron chi connectivity index (χ1n) is 22.1. The average molecular weight is 932 g/mol. The molecule has 0 radical (unpaired) electrons. The minimum Gasteiger partial charge on any atom is -0.497 e. The number of carbonyl (C=O) groups excluding carboxylic acids is 3. The van der Waals surface area contributed by atoms with Gasteiger partial charge in [-0.05, 0) is 77.1 Å². The predicted molar refractivity (Wildman–Crippen MR) is 252 cm³/mol. The molecule has 67 heavy (non-hydrogen) atoms. The van der Waals surface area contributed by atoms with Crippen LogP contribution in [0.1, 0.15) is 67.0 Å². The van der Waals surface area contributed by atoms with Crippen LogP contribution in [0.4, 0.5) is 14.5 Å². The van der Waals surface area contributed by atoms with Gasteiger partial charge in [-0.1, -0.05) is 92.7 Å². The number of aryl methyl sites for hydroxylation is 1. The lowest BCUT2D eigenvalue weighted by molar-refractivity contribution is -0.132. The molecule has 0 spiro atoms. The van der Waals surface area contributed by atoms with E-state index in [-0.39, 0.29) is 42.3 Å². The van der Waals surface area contributed by atoms with Crippen LogP contribution in [0.3, 0.4) is 0 Å². The molecule has 4 aromatic carbocycles. The van der Waals surface area contributed by atoms with Crippen molar-refractivity contribution in [2.24, 2.45) is 5.92 Å². The number of rotatable bonds is 18. The van der Waals surface area contributed by atoms with Crippen molar-refractivity contribution in [3.8, 4) is 11.5 Å². The Morgan fingerprint density at radius 1 is 0.881 bits per heavy atom. The Morgan fingerprint density at radius 2 is 1.58 bits per heavy atom. The van der Waals surface area contributed by atoms with Crippen LogP contribution in [-0.2, 0) is 27.0 Å². The molecule has 0 saturated carbocycles. The number of likely N-dealkylation sites (tertiary alicyclic amines) is 1. The summed E-state index contributed by atoms with van der Waals surface area (Å²) >= 11 is 0. The topological polar surface area (TPSA) is 154 Å². The highest BCUT2D eigenvalue weighted by molar-refractivity contribution is 6.99.